The Morgan fingerprint density at radius 1 is 1.29 bits per heavy atom. The van der Waals surface area contributed by atoms with Crippen LogP contribution in [0.4, 0.5) is 4.39 Å². The molecule has 0 fully saturated rings. The molecule has 1 unspecified atom stereocenters. The maximum Gasteiger partial charge on any atom is 0.346 e. The van der Waals surface area contributed by atoms with Crippen molar-refractivity contribution >= 4 is 11.9 Å². The number of rotatable bonds is 6. The summed E-state index contributed by atoms with van der Waals surface area (Å²) < 4.78 is 18.0. The fourth-order valence-corrected chi connectivity index (χ4v) is 2.03. The Labute approximate surface area is 121 Å². The number of benzene rings is 1. The summed E-state index contributed by atoms with van der Waals surface area (Å²) in [7, 11) is 0. The Bertz CT molecular complexity index is 533. The van der Waals surface area contributed by atoms with Crippen LogP contribution in [0.2, 0.25) is 0 Å². The van der Waals surface area contributed by atoms with Crippen molar-refractivity contribution < 1.29 is 23.8 Å². The largest absolute Gasteiger partial charge is 0.478 e. The highest BCUT2D eigenvalue weighted by atomic mass is 19.1. The number of aliphatic carboxylic acids is 1. The van der Waals surface area contributed by atoms with Gasteiger partial charge in [-0.3, -0.25) is 4.79 Å². The molecule has 0 aromatic heterocycles. The zero-order valence-electron chi connectivity index (χ0n) is 11.3. The summed E-state index contributed by atoms with van der Waals surface area (Å²) in [4.78, 5) is 23.0. The molecule has 1 aliphatic rings. The van der Waals surface area contributed by atoms with Gasteiger partial charge in [-0.05, 0) is 37.1 Å². The highest BCUT2D eigenvalue weighted by Gasteiger charge is 2.24. The van der Waals surface area contributed by atoms with Crippen LogP contribution in [-0.2, 0) is 9.59 Å². The number of carbonyl (C=O) groups excluding carboxylic acids is 1. The third-order valence-corrected chi connectivity index (χ3v) is 3.21. The summed E-state index contributed by atoms with van der Waals surface area (Å²) in [5, 5.41) is 11.7. The number of hydrogen-bond donors (Lipinski definition) is 2. The van der Waals surface area contributed by atoms with E-state index in [0.717, 1.165) is 0 Å². The number of hydrogen-bond acceptors (Lipinski definition) is 3. The van der Waals surface area contributed by atoms with Crippen molar-refractivity contribution in [1.82, 2.24) is 5.32 Å². The average molecular weight is 293 g/mol. The summed E-state index contributed by atoms with van der Waals surface area (Å²) >= 11 is 0. The second-order valence-corrected chi connectivity index (χ2v) is 4.78. The van der Waals surface area contributed by atoms with Gasteiger partial charge in [0.25, 0.3) is 0 Å². The summed E-state index contributed by atoms with van der Waals surface area (Å²) in [5.74, 6) is -1.71. The van der Waals surface area contributed by atoms with E-state index in [1.165, 1.54) is 24.3 Å². The third-order valence-electron chi connectivity index (χ3n) is 3.21. The number of carboxylic acid groups (broad SMARTS) is 1. The predicted molar refractivity (Wildman–Crippen MR) is 73.3 cm³/mol. The number of allylic oxidation sites excluding steroid dienone is 2. The minimum Gasteiger partial charge on any atom is -0.478 e. The van der Waals surface area contributed by atoms with Gasteiger partial charge >= 0.3 is 5.97 Å². The van der Waals surface area contributed by atoms with Gasteiger partial charge in [-0.25, -0.2) is 9.18 Å². The first-order chi connectivity index (χ1) is 10.1. The average Bonchev–Trinajstić information content (AvgIpc) is 2.99. The van der Waals surface area contributed by atoms with Crippen LogP contribution in [0.15, 0.2) is 36.4 Å². The highest BCUT2D eigenvalue weighted by molar-refractivity contribution is 5.80. The van der Waals surface area contributed by atoms with E-state index in [0.29, 0.717) is 12.8 Å². The molecule has 5 nitrogen and oxygen atoms in total. The van der Waals surface area contributed by atoms with Crippen molar-refractivity contribution in [2.24, 2.45) is 5.92 Å². The number of ether oxygens (including phenoxy) is 1. The summed E-state index contributed by atoms with van der Waals surface area (Å²) in [6, 6.07) is 5.04. The Balaban J connectivity index is 1.88. The van der Waals surface area contributed by atoms with Crippen molar-refractivity contribution in [2.75, 3.05) is 6.54 Å². The molecule has 21 heavy (non-hydrogen) atoms. The quantitative estimate of drug-likeness (QED) is 0.783. The normalized spacial score (nSPS) is 15.7. The van der Waals surface area contributed by atoms with Crippen LogP contribution >= 0.6 is 0 Å². The molecule has 2 N–H and O–H groups in total. The molecule has 0 saturated heterocycles. The number of halogens is 1. The molecule has 1 atom stereocenters. The van der Waals surface area contributed by atoms with E-state index >= 15 is 0 Å². The number of nitrogens with one attached hydrogen (secondary N) is 1. The minimum absolute atomic E-state index is 0.134. The Hall–Kier alpha value is -2.37. The smallest absolute Gasteiger partial charge is 0.346 e. The van der Waals surface area contributed by atoms with Crippen LogP contribution in [0.3, 0.4) is 0 Å². The fourth-order valence-electron chi connectivity index (χ4n) is 2.03. The first kappa shape index (κ1) is 15.0. The lowest BCUT2D eigenvalue weighted by Gasteiger charge is -2.17. The van der Waals surface area contributed by atoms with Gasteiger partial charge in [0.05, 0.1) is 6.54 Å². The zero-order chi connectivity index (χ0) is 15.2. The fraction of sp³-hybridized carbons (Fsp3) is 0.333. The zero-order valence-corrected chi connectivity index (χ0v) is 11.3. The molecule has 1 aromatic rings. The maximum atomic E-state index is 12.8. The summed E-state index contributed by atoms with van der Waals surface area (Å²) in [6.07, 6.45) is 3.97. The Kier molecular flexibility index (Phi) is 4.92. The molecule has 0 bridgehead atoms. The maximum absolute atomic E-state index is 12.8. The molecule has 1 aromatic carbocycles. The standard InChI is InChI=1S/C15H16FNO4/c16-11-5-7-12(8-6-11)21-13(15(19)20)9-17-14(18)10-3-1-2-4-10/h1-2,5-8,10,13H,3-4,9H2,(H,17,18)(H,19,20). The molecule has 2 rings (SSSR count). The van der Waals surface area contributed by atoms with Gasteiger partial charge in [0, 0.05) is 5.92 Å². The Morgan fingerprint density at radius 2 is 1.90 bits per heavy atom. The van der Waals surface area contributed by atoms with Gasteiger partial charge in [0.2, 0.25) is 12.0 Å². The van der Waals surface area contributed by atoms with Gasteiger partial charge in [0.1, 0.15) is 11.6 Å². The van der Waals surface area contributed by atoms with E-state index in [9.17, 15) is 14.0 Å². The lowest BCUT2D eigenvalue weighted by molar-refractivity contribution is -0.145. The van der Waals surface area contributed by atoms with E-state index in [-0.39, 0.29) is 24.1 Å². The van der Waals surface area contributed by atoms with E-state index < -0.39 is 17.9 Å². The van der Waals surface area contributed by atoms with E-state index in [1.807, 2.05) is 12.2 Å². The molecule has 6 heteroatoms. The Morgan fingerprint density at radius 3 is 2.48 bits per heavy atom. The molecule has 1 aliphatic carbocycles. The van der Waals surface area contributed by atoms with E-state index in [1.54, 1.807) is 0 Å². The van der Waals surface area contributed by atoms with Crippen LogP contribution in [0.25, 0.3) is 0 Å². The SMILES string of the molecule is O=C(NCC(Oc1ccc(F)cc1)C(=O)O)C1CC=CC1. The van der Waals surface area contributed by atoms with E-state index in [2.05, 4.69) is 5.32 Å². The molecule has 1 amide bonds. The number of carbonyl (C=O) groups is 2. The molecule has 0 radical (unpaired) electrons. The molecule has 0 saturated carbocycles. The number of amides is 1. The molecular formula is C15H16FNO4. The van der Waals surface area contributed by atoms with Crippen LogP contribution in [0.5, 0.6) is 5.75 Å². The van der Waals surface area contributed by atoms with Gasteiger partial charge in [-0.2, -0.15) is 0 Å². The third kappa shape index (κ3) is 4.30. The second-order valence-electron chi connectivity index (χ2n) is 4.78. The number of carboxylic acids is 1. The van der Waals surface area contributed by atoms with Crippen LogP contribution in [-0.4, -0.2) is 29.6 Å². The van der Waals surface area contributed by atoms with Crippen molar-refractivity contribution in [1.29, 1.82) is 0 Å². The molecule has 0 aliphatic heterocycles. The van der Waals surface area contributed by atoms with Gasteiger partial charge in [-0.1, -0.05) is 12.2 Å². The van der Waals surface area contributed by atoms with Crippen molar-refractivity contribution in [2.45, 2.75) is 18.9 Å². The highest BCUT2D eigenvalue weighted by Crippen LogP contribution is 2.17. The van der Waals surface area contributed by atoms with Crippen molar-refractivity contribution in [3.05, 3.63) is 42.2 Å². The molecule has 112 valence electrons. The van der Waals surface area contributed by atoms with Crippen molar-refractivity contribution in [3.63, 3.8) is 0 Å². The second kappa shape index (κ2) is 6.88. The van der Waals surface area contributed by atoms with Crippen LogP contribution < -0.4 is 10.1 Å². The topological polar surface area (TPSA) is 75.6 Å². The van der Waals surface area contributed by atoms with E-state index in [4.69, 9.17) is 9.84 Å². The molecular weight excluding hydrogens is 277 g/mol. The summed E-state index contributed by atoms with van der Waals surface area (Å²) in [5.41, 5.74) is 0. The van der Waals surface area contributed by atoms with Crippen molar-refractivity contribution in [3.8, 4) is 5.75 Å². The van der Waals surface area contributed by atoms with Gasteiger partial charge in [0.15, 0.2) is 0 Å². The summed E-state index contributed by atoms with van der Waals surface area (Å²) in [6.45, 7) is -0.137. The first-order valence-electron chi connectivity index (χ1n) is 6.64. The minimum atomic E-state index is -1.21. The van der Waals surface area contributed by atoms with Gasteiger partial charge in [-0.15, -0.1) is 0 Å². The molecule has 0 heterocycles. The lowest BCUT2D eigenvalue weighted by atomic mass is 10.1. The van der Waals surface area contributed by atoms with Crippen LogP contribution in [0, 0.1) is 11.7 Å². The van der Waals surface area contributed by atoms with Gasteiger partial charge < -0.3 is 15.2 Å². The van der Waals surface area contributed by atoms with Crippen LogP contribution in [0.1, 0.15) is 12.8 Å². The predicted octanol–water partition coefficient (Wildman–Crippen LogP) is 1.74. The monoisotopic (exact) mass is 293 g/mol. The molecule has 0 spiro atoms. The first-order valence-corrected chi connectivity index (χ1v) is 6.64. The lowest BCUT2D eigenvalue weighted by Crippen LogP contribution is -2.42.